The highest BCUT2D eigenvalue weighted by molar-refractivity contribution is 5.86. The summed E-state index contributed by atoms with van der Waals surface area (Å²) in [6, 6.07) is -1.78. The zero-order valence-corrected chi connectivity index (χ0v) is 6.78. The molecule has 0 saturated heterocycles. The number of nitrogens with two attached hydrogens (primary N) is 2. The second-order valence-electron chi connectivity index (χ2n) is 2.41. The molecule has 0 radical (unpaired) electrons. The third-order valence-electron chi connectivity index (χ3n) is 1.32. The lowest BCUT2D eigenvalue weighted by Gasteiger charge is -2.12. The third-order valence-corrected chi connectivity index (χ3v) is 1.32. The Bertz CT molecular complexity index is 183. The molecule has 1 amide bonds. The van der Waals surface area contributed by atoms with Gasteiger partial charge in [-0.3, -0.25) is 9.59 Å². The summed E-state index contributed by atoms with van der Waals surface area (Å²) >= 11 is 0. The molecule has 0 aromatic rings. The summed E-state index contributed by atoms with van der Waals surface area (Å²) in [5.74, 6) is -1.65. The summed E-state index contributed by atoms with van der Waals surface area (Å²) in [6.07, 6.45) is 0. The van der Waals surface area contributed by atoms with Gasteiger partial charge in [0.25, 0.3) is 0 Å². The number of rotatable bonds is 4. The Morgan fingerprint density at radius 2 is 2.08 bits per heavy atom. The first kappa shape index (κ1) is 10.9. The van der Waals surface area contributed by atoms with Gasteiger partial charge in [-0.15, -0.1) is 0 Å². The summed E-state index contributed by atoms with van der Waals surface area (Å²) in [6.45, 7) is 1.35. The topological polar surface area (TPSA) is 118 Å². The molecule has 70 valence electrons. The van der Waals surface area contributed by atoms with Crippen LogP contribution in [0.25, 0.3) is 0 Å². The van der Waals surface area contributed by atoms with Crippen LogP contribution in [0, 0.1) is 0 Å². The normalized spacial score (nSPS) is 14.9. The first-order chi connectivity index (χ1) is 5.49. The van der Waals surface area contributed by atoms with Crippen LogP contribution >= 0.6 is 0 Å². The molecule has 0 aliphatic carbocycles. The minimum atomic E-state index is -1.10. The zero-order valence-electron chi connectivity index (χ0n) is 6.78. The van der Waals surface area contributed by atoms with E-state index in [0.29, 0.717) is 0 Å². The quantitative estimate of drug-likeness (QED) is 0.389. The predicted molar refractivity (Wildman–Crippen MR) is 42.3 cm³/mol. The monoisotopic (exact) mass is 175 g/mol. The summed E-state index contributed by atoms with van der Waals surface area (Å²) in [5, 5.41) is 10.6. The van der Waals surface area contributed by atoms with Gasteiger partial charge in [-0.2, -0.15) is 0 Å². The molecule has 0 aliphatic heterocycles. The molecule has 0 saturated carbocycles. The summed E-state index contributed by atoms with van der Waals surface area (Å²) in [5.41, 5.74) is 10.3. The Morgan fingerprint density at radius 1 is 1.58 bits per heavy atom. The van der Waals surface area contributed by atoms with Crippen molar-refractivity contribution in [3.63, 3.8) is 0 Å². The van der Waals surface area contributed by atoms with Crippen molar-refractivity contribution < 1.29 is 14.7 Å². The van der Waals surface area contributed by atoms with Gasteiger partial charge in [0.2, 0.25) is 5.91 Å². The molecule has 0 spiro atoms. The Hall–Kier alpha value is -1.14. The van der Waals surface area contributed by atoms with E-state index in [2.05, 4.69) is 5.32 Å². The van der Waals surface area contributed by atoms with Crippen LogP contribution in [0.4, 0.5) is 0 Å². The van der Waals surface area contributed by atoms with E-state index >= 15 is 0 Å². The van der Waals surface area contributed by atoms with E-state index in [1.165, 1.54) is 6.92 Å². The van der Waals surface area contributed by atoms with Crippen molar-refractivity contribution in [3.8, 4) is 0 Å². The van der Waals surface area contributed by atoms with E-state index < -0.39 is 24.0 Å². The number of carboxylic acid groups (broad SMARTS) is 1. The molecule has 0 rings (SSSR count). The maximum Gasteiger partial charge on any atom is 0.325 e. The fraction of sp³-hybridized carbons (Fsp3) is 0.667. The van der Waals surface area contributed by atoms with E-state index in [-0.39, 0.29) is 6.54 Å². The molecule has 6 heteroatoms. The maximum absolute atomic E-state index is 10.9. The second kappa shape index (κ2) is 4.68. The Morgan fingerprint density at radius 3 is 2.42 bits per heavy atom. The molecular weight excluding hydrogens is 162 g/mol. The SMILES string of the molecule is C[C@H](NC(=O)C(N)CN)C(=O)O. The fourth-order valence-electron chi connectivity index (χ4n) is 0.489. The Kier molecular flexibility index (Phi) is 4.24. The average molecular weight is 175 g/mol. The molecule has 0 aromatic carbocycles. The lowest BCUT2D eigenvalue weighted by atomic mass is 10.2. The van der Waals surface area contributed by atoms with E-state index in [4.69, 9.17) is 16.6 Å². The summed E-state index contributed by atoms with van der Waals surface area (Å²) in [4.78, 5) is 21.2. The van der Waals surface area contributed by atoms with Gasteiger partial charge >= 0.3 is 5.97 Å². The van der Waals surface area contributed by atoms with Crippen molar-refractivity contribution in [2.75, 3.05) is 6.54 Å². The van der Waals surface area contributed by atoms with E-state index in [1.54, 1.807) is 0 Å². The van der Waals surface area contributed by atoms with Crippen LogP contribution in [0.1, 0.15) is 6.92 Å². The number of carbonyl (C=O) groups excluding carboxylic acids is 1. The maximum atomic E-state index is 10.9. The number of carboxylic acids is 1. The second-order valence-corrected chi connectivity index (χ2v) is 2.41. The highest BCUT2D eigenvalue weighted by Crippen LogP contribution is 1.83. The fourth-order valence-corrected chi connectivity index (χ4v) is 0.489. The molecule has 0 aromatic heterocycles. The van der Waals surface area contributed by atoms with Crippen molar-refractivity contribution in [3.05, 3.63) is 0 Å². The lowest BCUT2D eigenvalue weighted by Crippen LogP contribution is -2.50. The molecule has 12 heavy (non-hydrogen) atoms. The van der Waals surface area contributed by atoms with Gasteiger partial charge in [0.15, 0.2) is 0 Å². The molecule has 1 unspecified atom stereocenters. The van der Waals surface area contributed by atoms with Crippen LogP contribution in [-0.4, -0.2) is 35.6 Å². The van der Waals surface area contributed by atoms with Crippen LogP contribution in [0.3, 0.4) is 0 Å². The highest BCUT2D eigenvalue weighted by Gasteiger charge is 2.17. The number of hydrogen-bond acceptors (Lipinski definition) is 4. The third kappa shape index (κ3) is 3.31. The molecule has 0 aliphatic rings. The van der Waals surface area contributed by atoms with Gasteiger partial charge in [-0.1, -0.05) is 0 Å². The van der Waals surface area contributed by atoms with Crippen LogP contribution in [0.2, 0.25) is 0 Å². The number of aliphatic carboxylic acids is 1. The number of carbonyl (C=O) groups is 2. The molecular formula is C6H13N3O3. The van der Waals surface area contributed by atoms with E-state index in [9.17, 15) is 9.59 Å². The van der Waals surface area contributed by atoms with Gasteiger partial charge in [-0.25, -0.2) is 0 Å². The van der Waals surface area contributed by atoms with Gasteiger partial charge in [0.1, 0.15) is 6.04 Å². The number of amides is 1. The van der Waals surface area contributed by atoms with Crippen LogP contribution < -0.4 is 16.8 Å². The number of nitrogens with one attached hydrogen (secondary N) is 1. The first-order valence-corrected chi connectivity index (χ1v) is 3.48. The van der Waals surface area contributed by atoms with Crippen molar-refractivity contribution in [1.29, 1.82) is 0 Å². The first-order valence-electron chi connectivity index (χ1n) is 3.48. The molecule has 0 fully saturated rings. The number of hydrogen-bond donors (Lipinski definition) is 4. The summed E-state index contributed by atoms with van der Waals surface area (Å²) in [7, 11) is 0. The predicted octanol–water partition coefficient (Wildman–Crippen LogP) is -2.14. The molecule has 6 N–H and O–H groups in total. The zero-order chi connectivity index (χ0) is 9.72. The Labute approximate surface area is 69.9 Å². The van der Waals surface area contributed by atoms with Gasteiger partial charge in [-0.05, 0) is 6.92 Å². The molecule has 6 nitrogen and oxygen atoms in total. The molecule has 0 bridgehead atoms. The molecule has 2 atom stereocenters. The van der Waals surface area contributed by atoms with Crippen molar-refractivity contribution >= 4 is 11.9 Å². The van der Waals surface area contributed by atoms with Crippen molar-refractivity contribution in [2.45, 2.75) is 19.0 Å². The van der Waals surface area contributed by atoms with Gasteiger partial charge in [0, 0.05) is 6.54 Å². The van der Waals surface area contributed by atoms with Crippen LogP contribution in [-0.2, 0) is 9.59 Å². The van der Waals surface area contributed by atoms with Crippen molar-refractivity contribution in [1.82, 2.24) is 5.32 Å². The van der Waals surface area contributed by atoms with Crippen LogP contribution in [0.15, 0.2) is 0 Å². The van der Waals surface area contributed by atoms with E-state index in [1.807, 2.05) is 0 Å². The van der Waals surface area contributed by atoms with Crippen molar-refractivity contribution in [2.24, 2.45) is 11.5 Å². The lowest BCUT2D eigenvalue weighted by molar-refractivity contribution is -0.141. The highest BCUT2D eigenvalue weighted by atomic mass is 16.4. The summed E-state index contributed by atoms with van der Waals surface area (Å²) < 4.78 is 0. The minimum Gasteiger partial charge on any atom is -0.480 e. The van der Waals surface area contributed by atoms with Crippen LogP contribution in [0.5, 0.6) is 0 Å². The smallest absolute Gasteiger partial charge is 0.325 e. The molecule has 0 heterocycles. The standard InChI is InChI=1S/C6H13N3O3/c1-3(6(11)12)9-5(10)4(8)2-7/h3-4H,2,7-8H2,1H3,(H,9,10)(H,11,12)/t3-,4?/m0/s1. The average Bonchev–Trinajstić information content (AvgIpc) is 2.02. The van der Waals surface area contributed by atoms with E-state index in [0.717, 1.165) is 0 Å². The van der Waals surface area contributed by atoms with Gasteiger partial charge in [0.05, 0.1) is 6.04 Å². The van der Waals surface area contributed by atoms with Gasteiger partial charge < -0.3 is 21.9 Å². The minimum absolute atomic E-state index is 0.00181. The largest absolute Gasteiger partial charge is 0.480 e. The Balaban J connectivity index is 3.92.